The first-order valence-corrected chi connectivity index (χ1v) is 7.13. The van der Waals surface area contributed by atoms with E-state index in [1.807, 2.05) is 42.3 Å². The maximum absolute atomic E-state index is 11.3. The summed E-state index contributed by atoms with van der Waals surface area (Å²) >= 11 is 9.25. The van der Waals surface area contributed by atoms with Gasteiger partial charge in [0.2, 0.25) is 0 Å². The van der Waals surface area contributed by atoms with Crippen LogP contribution < -0.4 is 4.90 Å². The van der Waals surface area contributed by atoms with Crippen molar-refractivity contribution < 1.29 is 9.90 Å². The van der Waals surface area contributed by atoms with Gasteiger partial charge in [-0.3, -0.25) is 0 Å². The Morgan fingerprint density at radius 3 is 2.70 bits per heavy atom. The lowest BCUT2D eigenvalue weighted by Gasteiger charge is -2.21. The standard InChI is InChI=1S/C15H13BrClNO2/c1-18(9-10-3-2-4-12(17)7-10)14-6-5-11(16)8-13(14)15(19)20/h2-8H,9H2,1H3,(H,19,20). The van der Waals surface area contributed by atoms with Crippen LogP contribution in [0.1, 0.15) is 15.9 Å². The fourth-order valence-electron chi connectivity index (χ4n) is 2.01. The monoisotopic (exact) mass is 353 g/mol. The van der Waals surface area contributed by atoms with Gasteiger partial charge in [-0.25, -0.2) is 4.79 Å². The molecule has 0 aromatic heterocycles. The van der Waals surface area contributed by atoms with E-state index in [-0.39, 0.29) is 5.56 Å². The second-order valence-electron chi connectivity index (χ2n) is 4.45. The lowest BCUT2D eigenvalue weighted by Crippen LogP contribution is -2.19. The molecular weight excluding hydrogens is 342 g/mol. The summed E-state index contributed by atoms with van der Waals surface area (Å²) in [7, 11) is 1.86. The number of hydrogen-bond donors (Lipinski definition) is 1. The molecule has 0 saturated carbocycles. The van der Waals surface area contributed by atoms with E-state index >= 15 is 0 Å². The summed E-state index contributed by atoms with van der Waals surface area (Å²) in [6.45, 7) is 0.586. The highest BCUT2D eigenvalue weighted by atomic mass is 79.9. The van der Waals surface area contributed by atoms with Crippen LogP contribution in [0, 0.1) is 0 Å². The molecule has 0 heterocycles. The Labute approximate surface area is 130 Å². The molecule has 2 aromatic carbocycles. The first-order chi connectivity index (χ1) is 9.47. The zero-order valence-electron chi connectivity index (χ0n) is 10.8. The number of benzene rings is 2. The van der Waals surface area contributed by atoms with Crippen molar-refractivity contribution in [3.8, 4) is 0 Å². The molecule has 3 nitrogen and oxygen atoms in total. The third-order valence-corrected chi connectivity index (χ3v) is 3.64. The number of nitrogens with zero attached hydrogens (tertiary/aromatic N) is 1. The van der Waals surface area contributed by atoms with Crippen LogP contribution in [0.4, 0.5) is 5.69 Å². The van der Waals surface area contributed by atoms with Crippen LogP contribution in [0.2, 0.25) is 5.02 Å². The summed E-state index contributed by atoms with van der Waals surface area (Å²) in [5.74, 6) is -0.945. The Kier molecular flexibility index (Phi) is 4.68. The molecule has 1 N–H and O–H groups in total. The smallest absolute Gasteiger partial charge is 0.337 e. The molecule has 0 atom stereocenters. The van der Waals surface area contributed by atoms with Gasteiger partial charge in [-0.2, -0.15) is 0 Å². The second-order valence-corrected chi connectivity index (χ2v) is 5.80. The van der Waals surface area contributed by atoms with Gasteiger partial charge in [-0.05, 0) is 35.9 Å². The molecular formula is C15H13BrClNO2. The van der Waals surface area contributed by atoms with Gasteiger partial charge in [0.15, 0.2) is 0 Å². The zero-order valence-corrected chi connectivity index (χ0v) is 13.1. The van der Waals surface area contributed by atoms with E-state index in [9.17, 15) is 9.90 Å². The fourth-order valence-corrected chi connectivity index (χ4v) is 2.58. The van der Waals surface area contributed by atoms with Gasteiger partial charge in [0.05, 0.1) is 11.3 Å². The van der Waals surface area contributed by atoms with Crippen molar-refractivity contribution in [3.05, 3.63) is 63.1 Å². The summed E-state index contributed by atoms with van der Waals surface area (Å²) in [5, 5.41) is 9.95. The number of rotatable bonds is 4. The zero-order chi connectivity index (χ0) is 14.7. The molecule has 104 valence electrons. The van der Waals surface area contributed by atoms with E-state index in [0.29, 0.717) is 17.3 Å². The van der Waals surface area contributed by atoms with Gasteiger partial charge in [0, 0.05) is 23.1 Å². The number of anilines is 1. The van der Waals surface area contributed by atoms with Crippen molar-refractivity contribution in [1.82, 2.24) is 0 Å². The first-order valence-electron chi connectivity index (χ1n) is 5.96. The van der Waals surface area contributed by atoms with Crippen molar-refractivity contribution >= 4 is 39.2 Å². The van der Waals surface area contributed by atoms with Crippen LogP contribution in [0.3, 0.4) is 0 Å². The molecule has 0 spiro atoms. The minimum atomic E-state index is -0.945. The quantitative estimate of drug-likeness (QED) is 0.882. The van der Waals surface area contributed by atoms with Crippen LogP contribution in [0.25, 0.3) is 0 Å². The molecule has 0 fully saturated rings. The summed E-state index contributed by atoms with van der Waals surface area (Å²) in [5.41, 5.74) is 1.96. The molecule has 5 heteroatoms. The van der Waals surface area contributed by atoms with Crippen LogP contribution in [-0.2, 0) is 6.54 Å². The molecule has 0 bridgehead atoms. The highest BCUT2D eigenvalue weighted by molar-refractivity contribution is 9.10. The molecule has 0 aliphatic carbocycles. The maximum atomic E-state index is 11.3. The van der Waals surface area contributed by atoms with Crippen LogP contribution in [0.5, 0.6) is 0 Å². The average Bonchev–Trinajstić information content (AvgIpc) is 2.38. The largest absolute Gasteiger partial charge is 0.478 e. The van der Waals surface area contributed by atoms with E-state index in [1.54, 1.807) is 12.1 Å². The van der Waals surface area contributed by atoms with Gasteiger partial charge in [0.25, 0.3) is 0 Å². The molecule has 2 rings (SSSR count). The van der Waals surface area contributed by atoms with E-state index in [0.717, 1.165) is 10.0 Å². The Hall–Kier alpha value is -1.52. The van der Waals surface area contributed by atoms with Crippen molar-refractivity contribution in [3.63, 3.8) is 0 Å². The van der Waals surface area contributed by atoms with Gasteiger partial charge in [-0.1, -0.05) is 39.7 Å². The van der Waals surface area contributed by atoms with Crippen molar-refractivity contribution in [1.29, 1.82) is 0 Å². The minimum absolute atomic E-state index is 0.268. The molecule has 0 saturated heterocycles. The number of carbonyl (C=O) groups is 1. The predicted molar refractivity (Wildman–Crippen MR) is 84.7 cm³/mol. The SMILES string of the molecule is CN(Cc1cccc(Cl)c1)c1ccc(Br)cc1C(=O)O. The van der Waals surface area contributed by atoms with Crippen molar-refractivity contribution in [2.24, 2.45) is 0 Å². The molecule has 2 aromatic rings. The number of carboxylic acids is 1. The summed E-state index contributed by atoms with van der Waals surface area (Å²) < 4.78 is 0.745. The summed E-state index contributed by atoms with van der Waals surface area (Å²) in [4.78, 5) is 13.2. The molecule has 20 heavy (non-hydrogen) atoms. The van der Waals surface area contributed by atoms with E-state index < -0.39 is 5.97 Å². The second kappa shape index (κ2) is 6.29. The molecule has 0 aliphatic rings. The number of hydrogen-bond acceptors (Lipinski definition) is 2. The molecule has 0 amide bonds. The molecule has 0 radical (unpaired) electrons. The van der Waals surface area contributed by atoms with Crippen molar-refractivity contribution in [2.45, 2.75) is 6.54 Å². The lowest BCUT2D eigenvalue weighted by atomic mass is 10.1. The lowest BCUT2D eigenvalue weighted by molar-refractivity contribution is 0.0697. The summed E-state index contributed by atoms with van der Waals surface area (Å²) in [6, 6.07) is 12.7. The topological polar surface area (TPSA) is 40.5 Å². The Bertz CT molecular complexity index is 646. The van der Waals surface area contributed by atoms with Crippen LogP contribution in [-0.4, -0.2) is 18.1 Å². The van der Waals surface area contributed by atoms with Gasteiger partial charge in [-0.15, -0.1) is 0 Å². The van der Waals surface area contributed by atoms with Gasteiger partial charge >= 0.3 is 5.97 Å². The third-order valence-electron chi connectivity index (χ3n) is 2.91. The number of halogens is 2. The Morgan fingerprint density at radius 1 is 1.30 bits per heavy atom. The Balaban J connectivity index is 2.29. The van der Waals surface area contributed by atoms with E-state index in [2.05, 4.69) is 15.9 Å². The highest BCUT2D eigenvalue weighted by Crippen LogP contribution is 2.25. The maximum Gasteiger partial charge on any atom is 0.337 e. The van der Waals surface area contributed by atoms with Crippen LogP contribution in [0.15, 0.2) is 46.9 Å². The normalized spacial score (nSPS) is 10.3. The average molecular weight is 355 g/mol. The number of aromatic carboxylic acids is 1. The highest BCUT2D eigenvalue weighted by Gasteiger charge is 2.14. The Morgan fingerprint density at radius 2 is 2.05 bits per heavy atom. The van der Waals surface area contributed by atoms with Gasteiger partial charge in [0.1, 0.15) is 0 Å². The number of carboxylic acid groups (broad SMARTS) is 1. The third kappa shape index (κ3) is 3.52. The van der Waals surface area contributed by atoms with E-state index in [4.69, 9.17) is 11.6 Å². The fraction of sp³-hybridized carbons (Fsp3) is 0.133. The summed E-state index contributed by atoms with van der Waals surface area (Å²) in [6.07, 6.45) is 0. The molecule has 0 aliphatic heterocycles. The first kappa shape index (κ1) is 14.9. The predicted octanol–water partition coefficient (Wildman–Crippen LogP) is 4.44. The van der Waals surface area contributed by atoms with E-state index in [1.165, 1.54) is 0 Å². The van der Waals surface area contributed by atoms with Crippen molar-refractivity contribution in [2.75, 3.05) is 11.9 Å². The van der Waals surface area contributed by atoms with Gasteiger partial charge < -0.3 is 10.0 Å². The minimum Gasteiger partial charge on any atom is -0.478 e. The van der Waals surface area contributed by atoms with Crippen LogP contribution >= 0.6 is 27.5 Å². The molecule has 0 unspecified atom stereocenters.